The minimum atomic E-state index is 0.505. The molecule has 0 N–H and O–H groups in total. The summed E-state index contributed by atoms with van der Waals surface area (Å²) in [5.74, 6) is 1.68. The number of pyridine rings is 1. The van der Waals surface area contributed by atoms with Crippen molar-refractivity contribution in [2.75, 3.05) is 13.2 Å². The number of aromatic nitrogens is 1. The molecule has 0 spiro atoms. The maximum absolute atomic E-state index is 5.75. The Hall–Kier alpha value is -2.55. The Morgan fingerprint density at radius 3 is 2.32 bits per heavy atom. The van der Waals surface area contributed by atoms with Gasteiger partial charge in [0.1, 0.15) is 24.7 Å². The van der Waals surface area contributed by atoms with E-state index >= 15 is 0 Å². The van der Waals surface area contributed by atoms with Crippen molar-refractivity contribution in [3.63, 3.8) is 0 Å². The first kappa shape index (κ1) is 14.4. The van der Waals surface area contributed by atoms with Gasteiger partial charge in [0, 0.05) is 17.1 Å². The third-order valence-electron chi connectivity index (χ3n) is 3.48. The Morgan fingerprint density at radius 2 is 1.55 bits per heavy atom. The van der Waals surface area contributed by atoms with Gasteiger partial charge in [-0.2, -0.15) is 0 Å². The minimum absolute atomic E-state index is 0.505. The molecule has 1 aromatic heterocycles. The van der Waals surface area contributed by atoms with E-state index in [4.69, 9.17) is 9.47 Å². The molecule has 3 heteroatoms. The number of fused-ring (bicyclic) bond motifs is 1. The van der Waals surface area contributed by atoms with Crippen LogP contribution in [0.2, 0.25) is 0 Å². The molecular weight excluding hydrogens is 274 g/mol. The molecule has 112 valence electrons. The van der Waals surface area contributed by atoms with E-state index in [0.29, 0.717) is 13.2 Å². The lowest BCUT2D eigenvalue weighted by molar-refractivity contribution is 0.217. The third-order valence-corrected chi connectivity index (χ3v) is 3.48. The maximum atomic E-state index is 5.75. The van der Waals surface area contributed by atoms with Crippen LogP contribution in [0.25, 0.3) is 10.9 Å². The molecule has 1 heterocycles. The van der Waals surface area contributed by atoms with Crippen LogP contribution in [0.1, 0.15) is 11.3 Å². The normalized spacial score (nSPS) is 10.6. The van der Waals surface area contributed by atoms with Gasteiger partial charge in [0.25, 0.3) is 0 Å². The van der Waals surface area contributed by atoms with Gasteiger partial charge in [0.15, 0.2) is 0 Å². The second-order valence-electron chi connectivity index (χ2n) is 5.27. The summed E-state index contributed by atoms with van der Waals surface area (Å²) in [5, 5.41) is 1.17. The fraction of sp³-hybridized carbons (Fsp3) is 0.211. The largest absolute Gasteiger partial charge is 0.490 e. The van der Waals surface area contributed by atoms with Gasteiger partial charge in [-0.25, -0.2) is 0 Å². The first-order chi connectivity index (χ1) is 10.7. The SMILES string of the molecule is Cc1cc(C)c2ccc(OCCOc3ccccc3)cc2n1. The van der Waals surface area contributed by atoms with E-state index in [0.717, 1.165) is 22.7 Å². The lowest BCUT2D eigenvalue weighted by Gasteiger charge is -2.10. The number of benzene rings is 2. The van der Waals surface area contributed by atoms with Gasteiger partial charge in [0.2, 0.25) is 0 Å². The summed E-state index contributed by atoms with van der Waals surface area (Å²) in [6.07, 6.45) is 0. The van der Waals surface area contributed by atoms with Gasteiger partial charge in [-0.15, -0.1) is 0 Å². The summed E-state index contributed by atoms with van der Waals surface area (Å²) in [7, 11) is 0. The monoisotopic (exact) mass is 293 g/mol. The molecule has 0 aliphatic heterocycles. The van der Waals surface area contributed by atoms with Crippen LogP contribution in [-0.2, 0) is 0 Å². The Labute approximate surface area is 130 Å². The van der Waals surface area contributed by atoms with Crippen molar-refractivity contribution in [3.8, 4) is 11.5 Å². The second-order valence-corrected chi connectivity index (χ2v) is 5.27. The zero-order chi connectivity index (χ0) is 15.4. The van der Waals surface area contributed by atoms with Crippen LogP contribution < -0.4 is 9.47 Å². The number of ether oxygens (including phenoxy) is 2. The predicted molar refractivity (Wildman–Crippen MR) is 88.6 cm³/mol. The molecule has 0 amide bonds. The Balaban J connectivity index is 1.62. The van der Waals surface area contributed by atoms with Gasteiger partial charge in [-0.3, -0.25) is 4.98 Å². The zero-order valence-corrected chi connectivity index (χ0v) is 12.9. The first-order valence-corrected chi connectivity index (χ1v) is 7.41. The fourth-order valence-electron chi connectivity index (χ4n) is 2.48. The number of hydrogen-bond donors (Lipinski definition) is 0. The molecule has 3 nitrogen and oxygen atoms in total. The van der Waals surface area contributed by atoms with Crippen molar-refractivity contribution < 1.29 is 9.47 Å². The molecule has 0 radical (unpaired) electrons. The summed E-state index contributed by atoms with van der Waals surface area (Å²) in [4.78, 5) is 4.56. The Bertz CT molecular complexity index is 769. The molecule has 0 saturated carbocycles. The van der Waals surface area contributed by atoms with E-state index in [1.165, 1.54) is 10.9 Å². The molecule has 22 heavy (non-hydrogen) atoms. The average molecular weight is 293 g/mol. The molecule has 0 aliphatic rings. The number of aryl methyl sites for hydroxylation is 2. The molecule has 0 saturated heterocycles. The fourth-order valence-corrected chi connectivity index (χ4v) is 2.48. The number of para-hydroxylation sites is 1. The summed E-state index contributed by atoms with van der Waals surface area (Å²) in [5.41, 5.74) is 3.23. The van der Waals surface area contributed by atoms with E-state index in [1.54, 1.807) is 0 Å². The van der Waals surface area contributed by atoms with Gasteiger partial charge in [-0.1, -0.05) is 18.2 Å². The van der Waals surface area contributed by atoms with E-state index in [2.05, 4.69) is 24.0 Å². The minimum Gasteiger partial charge on any atom is -0.490 e. The molecule has 0 unspecified atom stereocenters. The highest BCUT2D eigenvalue weighted by Gasteiger charge is 2.03. The lowest BCUT2D eigenvalue weighted by atomic mass is 10.1. The Morgan fingerprint density at radius 1 is 0.818 bits per heavy atom. The van der Waals surface area contributed by atoms with Crippen molar-refractivity contribution in [2.24, 2.45) is 0 Å². The third kappa shape index (κ3) is 3.37. The molecule has 0 fully saturated rings. The van der Waals surface area contributed by atoms with Crippen molar-refractivity contribution >= 4 is 10.9 Å². The van der Waals surface area contributed by atoms with Crippen molar-refractivity contribution in [1.82, 2.24) is 4.98 Å². The van der Waals surface area contributed by atoms with Crippen LogP contribution in [0, 0.1) is 13.8 Å². The highest BCUT2D eigenvalue weighted by molar-refractivity contribution is 5.83. The number of nitrogens with zero attached hydrogens (tertiary/aromatic N) is 1. The first-order valence-electron chi connectivity index (χ1n) is 7.41. The maximum Gasteiger partial charge on any atom is 0.122 e. The van der Waals surface area contributed by atoms with E-state index in [9.17, 15) is 0 Å². The van der Waals surface area contributed by atoms with Gasteiger partial charge in [-0.05, 0) is 49.7 Å². The lowest BCUT2D eigenvalue weighted by Crippen LogP contribution is -2.08. The van der Waals surface area contributed by atoms with Gasteiger partial charge >= 0.3 is 0 Å². The molecule has 3 aromatic rings. The summed E-state index contributed by atoms with van der Waals surface area (Å²) in [6, 6.07) is 17.9. The van der Waals surface area contributed by atoms with Gasteiger partial charge in [0.05, 0.1) is 5.52 Å². The molecule has 0 atom stereocenters. The predicted octanol–water partition coefficient (Wildman–Crippen LogP) is 4.31. The molecule has 3 rings (SSSR count). The van der Waals surface area contributed by atoms with Crippen molar-refractivity contribution in [1.29, 1.82) is 0 Å². The molecule has 0 bridgehead atoms. The molecule has 0 aliphatic carbocycles. The van der Waals surface area contributed by atoms with Gasteiger partial charge < -0.3 is 9.47 Å². The van der Waals surface area contributed by atoms with E-state index < -0.39 is 0 Å². The van der Waals surface area contributed by atoms with E-state index in [-0.39, 0.29) is 0 Å². The highest BCUT2D eigenvalue weighted by atomic mass is 16.5. The summed E-state index contributed by atoms with van der Waals surface area (Å²) < 4.78 is 11.4. The molecule has 2 aromatic carbocycles. The summed E-state index contributed by atoms with van der Waals surface area (Å²) >= 11 is 0. The second kappa shape index (κ2) is 6.48. The van der Waals surface area contributed by atoms with Crippen LogP contribution in [0.3, 0.4) is 0 Å². The zero-order valence-electron chi connectivity index (χ0n) is 12.9. The number of hydrogen-bond acceptors (Lipinski definition) is 3. The topological polar surface area (TPSA) is 31.4 Å². The van der Waals surface area contributed by atoms with Crippen LogP contribution >= 0.6 is 0 Å². The summed E-state index contributed by atoms with van der Waals surface area (Å²) in [6.45, 7) is 5.13. The van der Waals surface area contributed by atoms with Crippen LogP contribution in [-0.4, -0.2) is 18.2 Å². The number of rotatable bonds is 5. The smallest absolute Gasteiger partial charge is 0.122 e. The average Bonchev–Trinajstić information content (AvgIpc) is 2.52. The quantitative estimate of drug-likeness (QED) is 0.657. The van der Waals surface area contributed by atoms with Crippen LogP contribution in [0.4, 0.5) is 0 Å². The van der Waals surface area contributed by atoms with Crippen LogP contribution in [0.5, 0.6) is 11.5 Å². The van der Waals surface area contributed by atoms with Crippen LogP contribution in [0.15, 0.2) is 54.6 Å². The standard InChI is InChI=1S/C19H19NO2/c1-14-12-15(2)20-19-13-17(8-9-18(14)19)22-11-10-21-16-6-4-3-5-7-16/h3-9,12-13H,10-11H2,1-2H3. The van der Waals surface area contributed by atoms with E-state index in [1.807, 2.05) is 49.4 Å². The Kier molecular flexibility index (Phi) is 4.24. The highest BCUT2D eigenvalue weighted by Crippen LogP contribution is 2.22. The van der Waals surface area contributed by atoms with Crippen molar-refractivity contribution in [3.05, 3.63) is 65.9 Å². The van der Waals surface area contributed by atoms with Crippen molar-refractivity contribution in [2.45, 2.75) is 13.8 Å². The molecular formula is C19H19NO2.